The normalized spacial score (nSPS) is 10.2. The predicted molar refractivity (Wildman–Crippen MR) is 47.5 cm³/mol. The first-order valence-corrected chi connectivity index (χ1v) is 3.93. The molecular weight excluding hydrogens is 167 g/mol. The van der Waals surface area contributed by atoms with Crippen LogP contribution in [-0.4, -0.2) is 4.57 Å². The van der Waals surface area contributed by atoms with Gasteiger partial charge in [-0.15, -0.1) is 0 Å². The van der Waals surface area contributed by atoms with Crippen molar-refractivity contribution in [3.05, 3.63) is 36.3 Å². The highest BCUT2D eigenvalue weighted by atomic mass is 19.1. The third kappa shape index (κ3) is 1.17. The zero-order chi connectivity index (χ0) is 9.26. The Morgan fingerprint density at radius 1 is 1.38 bits per heavy atom. The quantitative estimate of drug-likeness (QED) is 0.652. The van der Waals surface area contributed by atoms with Crippen molar-refractivity contribution >= 4 is 10.9 Å². The van der Waals surface area contributed by atoms with Crippen LogP contribution in [0.5, 0.6) is 0 Å². The van der Waals surface area contributed by atoms with Crippen molar-refractivity contribution in [2.75, 3.05) is 0 Å². The third-order valence-electron chi connectivity index (χ3n) is 2.00. The molecule has 1 aromatic carbocycles. The largest absolute Gasteiger partial charge is 0.334 e. The molecule has 0 aliphatic heterocycles. The van der Waals surface area contributed by atoms with E-state index in [1.165, 1.54) is 6.07 Å². The molecule has 2 aromatic rings. The summed E-state index contributed by atoms with van der Waals surface area (Å²) in [4.78, 5) is 0. The highest BCUT2D eigenvalue weighted by Crippen LogP contribution is 2.18. The Balaban J connectivity index is 2.70. The molecule has 2 rings (SSSR count). The molecule has 3 heteroatoms. The van der Waals surface area contributed by atoms with Gasteiger partial charge in [0.15, 0.2) is 0 Å². The molecule has 0 amide bonds. The molecule has 0 saturated carbocycles. The van der Waals surface area contributed by atoms with E-state index in [1.54, 1.807) is 29.0 Å². The first kappa shape index (κ1) is 7.81. The van der Waals surface area contributed by atoms with Crippen molar-refractivity contribution < 1.29 is 4.39 Å². The number of nitrogens with zero attached hydrogens (tertiary/aromatic N) is 2. The van der Waals surface area contributed by atoms with Gasteiger partial charge in [-0.3, -0.25) is 0 Å². The number of fused-ring (bicyclic) bond motifs is 1. The Hall–Kier alpha value is -1.82. The monoisotopic (exact) mass is 174 g/mol. The fourth-order valence-electron chi connectivity index (χ4n) is 1.40. The lowest BCUT2D eigenvalue weighted by Gasteiger charge is -1.97. The van der Waals surface area contributed by atoms with Gasteiger partial charge in [0.2, 0.25) is 0 Å². The number of halogens is 1. The molecule has 2 nitrogen and oxygen atoms in total. The predicted octanol–water partition coefficient (Wildman–Crippen LogP) is 2.30. The van der Waals surface area contributed by atoms with E-state index < -0.39 is 0 Å². The average Bonchev–Trinajstić information content (AvgIpc) is 2.51. The smallest absolute Gasteiger partial charge is 0.132 e. The Bertz CT molecular complexity index is 479. The maximum absolute atomic E-state index is 13.1. The van der Waals surface area contributed by atoms with Gasteiger partial charge in [0.05, 0.1) is 11.6 Å². The molecule has 0 N–H and O–H groups in total. The summed E-state index contributed by atoms with van der Waals surface area (Å²) in [5.74, 6) is -0.241. The number of hydrogen-bond donors (Lipinski definition) is 0. The van der Waals surface area contributed by atoms with E-state index in [0.717, 1.165) is 5.52 Å². The molecule has 1 heterocycles. The second-order valence-electron chi connectivity index (χ2n) is 2.77. The zero-order valence-electron chi connectivity index (χ0n) is 6.87. The molecule has 0 radical (unpaired) electrons. The highest BCUT2D eigenvalue weighted by Gasteiger charge is 2.03. The molecule has 1 aromatic heterocycles. The van der Waals surface area contributed by atoms with Gasteiger partial charge in [-0.25, -0.2) is 4.39 Å². The van der Waals surface area contributed by atoms with E-state index in [4.69, 9.17) is 5.26 Å². The lowest BCUT2D eigenvalue weighted by Crippen LogP contribution is -1.92. The summed E-state index contributed by atoms with van der Waals surface area (Å²) in [6.07, 6.45) is 1.72. The summed E-state index contributed by atoms with van der Waals surface area (Å²) in [5.41, 5.74) is 0.765. The second kappa shape index (κ2) is 2.91. The van der Waals surface area contributed by atoms with Crippen molar-refractivity contribution in [2.45, 2.75) is 6.54 Å². The van der Waals surface area contributed by atoms with Crippen molar-refractivity contribution in [1.29, 1.82) is 5.26 Å². The summed E-state index contributed by atoms with van der Waals surface area (Å²) in [6.45, 7) is 0.257. The topological polar surface area (TPSA) is 28.7 Å². The van der Waals surface area contributed by atoms with Gasteiger partial charge in [0.1, 0.15) is 12.4 Å². The summed E-state index contributed by atoms with van der Waals surface area (Å²) in [6, 6.07) is 8.57. The fourth-order valence-corrected chi connectivity index (χ4v) is 1.40. The van der Waals surface area contributed by atoms with Crippen LogP contribution in [0.15, 0.2) is 30.5 Å². The minimum atomic E-state index is -0.241. The van der Waals surface area contributed by atoms with Crippen LogP contribution in [0, 0.1) is 17.1 Å². The van der Waals surface area contributed by atoms with Gasteiger partial charge in [-0.1, -0.05) is 6.07 Å². The van der Waals surface area contributed by atoms with Gasteiger partial charge in [0, 0.05) is 11.6 Å². The maximum Gasteiger partial charge on any atom is 0.132 e. The Morgan fingerprint density at radius 3 is 3.00 bits per heavy atom. The Kier molecular flexibility index (Phi) is 1.75. The van der Waals surface area contributed by atoms with Crippen LogP contribution in [0.3, 0.4) is 0 Å². The summed E-state index contributed by atoms with van der Waals surface area (Å²) in [5, 5.41) is 9.07. The van der Waals surface area contributed by atoms with Gasteiger partial charge < -0.3 is 4.57 Å². The summed E-state index contributed by atoms with van der Waals surface area (Å²) >= 11 is 0. The molecule has 0 fully saturated rings. The van der Waals surface area contributed by atoms with Crippen LogP contribution < -0.4 is 0 Å². The van der Waals surface area contributed by atoms with Crippen LogP contribution in [0.2, 0.25) is 0 Å². The van der Waals surface area contributed by atoms with Crippen LogP contribution in [0.4, 0.5) is 4.39 Å². The van der Waals surface area contributed by atoms with Crippen molar-refractivity contribution in [3.63, 3.8) is 0 Å². The molecule has 64 valence electrons. The van der Waals surface area contributed by atoms with E-state index >= 15 is 0 Å². The average molecular weight is 174 g/mol. The van der Waals surface area contributed by atoms with Gasteiger partial charge in [-0.2, -0.15) is 5.26 Å². The Morgan fingerprint density at radius 2 is 2.23 bits per heavy atom. The number of rotatable bonds is 1. The molecule has 0 aliphatic rings. The molecule has 0 bridgehead atoms. The molecule has 0 aliphatic carbocycles. The van der Waals surface area contributed by atoms with Crippen LogP contribution in [-0.2, 0) is 6.54 Å². The third-order valence-corrected chi connectivity index (χ3v) is 2.00. The van der Waals surface area contributed by atoms with E-state index in [1.807, 2.05) is 6.07 Å². The summed E-state index contributed by atoms with van der Waals surface area (Å²) < 4.78 is 14.9. The lowest BCUT2D eigenvalue weighted by molar-refractivity contribution is 0.640. The molecule has 0 atom stereocenters. The van der Waals surface area contributed by atoms with E-state index in [2.05, 4.69) is 0 Å². The van der Waals surface area contributed by atoms with Gasteiger partial charge >= 0.3 is 0 Å². The van der Waals surface area contributed by atoms with E-state index in [0.29, 0.717) is 5.39 Å². The first-order valence-electron chi connectivity index (χ1n) is 3.93. The van der Waals surface area contributed by atoms with Gasteiger partial charge in [-0.05, 0) is 18.2 Å². The van der Waals surface area contributed by atoms with Crippen LogP contribution in [0.1, 0.15) is 0 Å². The zero-order valence-corrected chi connectivity index (χ0v) is 6.87. The van der Waals surface area contributed by atoms with Gasteiger partial charge in [0.25, 0.3) is 0 Å². The number of hydrogen-bond acceptors (Lipinski definition) is 1. The lowest BCUT2D eigenvalue weighted by atomic mass is 10.2. The van der Waals surface area contributed by atoms with Crippen LogP contribution in [0.25, 0.3) is 10.9 Å². The standard InChI is InChI=1S/C10H7FN2/c11-9-2-1-3-10-8(9)4-6-13(10)7-5-12/h1-4,6H,7H2. The molecule has 0 unspecified atom stereocenters. The highest BCUT2D eigenvalue weighted by molar-refractivity contribution is 5.80. The maximum atomic E-state index is 13.1. The first-order chi connectivity index (χ1) is 6.33. The minimum Gasteiger partial charge on any atom is -0.334 e. The fraction of sp³-hybridized carbons (Fsp3) is 0.100. The Labute approximate surface area is 74.8 Å². The second-order valence-corrected chi connectivity index (χ2v) is 2.77. The van der Waals surface area contributed by atoms with Crippen molar-refractivity contribution in [1.82, 2.24) is 4.57 Å². The minimum absolute atomic E-state index is 0.241. The molecular formula is C10H7FN2. The van der Waals surface area contributed by atoms with E-state index in [-0.39, 0.29) is 12.4 Å². The molecule has 0 spiro atoms. The number of nitriles is 1. The molecule has 0 saturated heterocycles. The van der Waals surface area contributed by atoms with E-state index in [9.17, 15) is 4.39 Å². The van der Waals surface area contributed by atoms with Crippen LogP contribution >= 0.6 is 0 Å². The SMILES string of the molecule is N#CCn1ccc2c(F)cccc21. The summed E-state index contributed by atoms with van der Waals surface area (Å²) in [7, 11) is 0. The van der Waals surface area contributed by atoms with Crippen molar-refractivity contribution in [2.24, 2.45) is 0 Å². The molecule has 13 heavy (non-hydrogen) atoms. The number of aromatic nitrogens is 1. The number of benzene rings is 1. The van der Waals surface area contributed by atoms with Crippen molar-refractivity contribution in [3.8, 4) is 6.07 Å².